The van der Waals surface area contributed by atoms with Crippen molar-refractivity contribution >= 4 is 45.2 Å². The fourth-order valence-corrected chi connectivity index (χ4v) is 4.62. The highest BCUT2D eigenvalue weighted by Gasteiger charge is 2.21. The molecule has 0 radical (unpaired) electrons. The lowest BCUT2D eigenvalue weighted by Crippen LogP contribution is -2.29. The predicted molar refractivity (Wildman–Crippen MR) is 140 cm³/mol. The van der Waals surface area contributed by atoms with Crippen molar-refractivity contribution in [2.75, 3.05) is 11.1 Å². The lowest BCUT2D eigenvalue weighted by molar-refractivity contribution is -0.113. The van der Waals surface area contributed by atoms with Crippen LogP contribution in [0, 0.1) is 20.8 Å². The van der Waals surface area contributed by atoms with Gasteiger partial charge in [-0.25, -0.2) is 0 Å². The molecule has 2 aromatic carbocycles. The monoisotopic (exact) mass is 541 g/mol. The van der Waals surface area contributed by atoms with E-state index in [9.17, 15) is 9.59 Å². The smallest absolute Gasteiger partial charge is 0.252 e. The third kappa shape index (κ3) is 5.95. The van der Waals surface area contributed by atoms with Gasteiger partial charge in [0.2, 0.25) is 5.91 Å². The Morgan fingerprint density at radius 1 is 1.15 bits per heavy atom. The normalized spacial score (nSPS) is 11.7. The number of nitrogens with zero attached hydrogens (tertiary/aromatic N) is 3. The molecule has 0 bridgehead atoms. The van der Waals surface area contributed by atoms with E-state index in [0.29, 0.717) is 23.1 Å². The molecule has 1 aromatic heterocycles. The minimum Gasteiger partial charge on any atom is -0.342 e. The van der Waals surface area contributed by atoms with Gasteiger partial charge in [-0.3, -0.25) is 9.59 Å². The fraction of sp³-hybridized carbons (Fsp3) is 0.280. The van der Waals surface area contributed by atoms with E-state index in [1.54, 1.807) is 12.1 Å². The standard InChI is InChI=1S/C25H28BrN5O2S/c1-6-13-31-23(18(5)27-24(33)19-10-8-7-9-15(19)2)29-30-25(31)34-14-22(32)28-21-12-11-20(26)16(3)17(21)4/h6-12,18H,1,13-14H2,2-5H3,(H,27,33)(H,28,32)/t18-/m1/s1. The maximum absolute atomic E-state index is 12.7. The summed E-state index contributed by atoms with van der Waals surface area (Å²) in [4.78, 5) is 25.3. The molecule has 0 fully saturated rings. The topological polar surface area (TPSA) is 88.9 Å². The number of allylic oxidation sites excluding steroid dienone is 1. The summed E-state index contributed by atoms with van der Waals surface area (Å²) in [5.41, 5.74) is 4.41. The number of benzene rings is 2. The quantitative estimate of drug-likeness (QED) is 0.280. The lowest BCUT2D eigenvalue weighted by Gasteiger charge is -2.16. The van der Waals surface area contributed by atoms with E-state index in [4.69, 9.17) is 0 Å². The Morgan fingerprint density at radius 2 is 1.88 bits per heavy atom. The fourth-order valence-electron chi connectivity index (χ4n) is 3.43. The molecule has 3 aromatic rings. The van der Waals surface area contributed by atoms with Crippen LogP contribution in [0.25, 0.3) is 0 Å². The number of hydrogen-bond donors (Lipinski definition) is 2. The van der Waals surface area contributed by atoms with E-state index >= 15 is 0 Å². The highest BCUT2D eigenvalue weighted by atomic mass is 79.9. The first kappa shape index (κ1) is 25.7. The zero-order valence-electron chi connectivity index (χ0n) is 19.7. The molecule has 0 aliphatic heterocycles. The van der Waals surface area contributed by atoms with Crippen LogP contribution in [-0.4, -0.2) is 32.3 Å². The van der Waals surface area contributed by atoms with E-state index in [2.05, 4.69) is 43.3 Å². The van der Waals surface area contributed by atoms with E-state index in [0.717, 1.165) is 26.9 Å². The highest BCUT2D eigenvalue weighted by molar-refractivity contribution is 9.10. The van der Waals surface area contributed by atoms with Gasteiger partial charge in [0.25, 0.3) is 5.91 Å². The van der Waals surface area contributed by atoms with E-state index in [1.165, 1.54) is 11.8 Å². The van der Waals surface area contributed by atoms with Gasteiger partial charge in [-0.1, -0.05) is 52.0 Å². The van der Waals surface area contributed by atoms with Crippen LogP contribution in [0.15, 0.2) is 58.7 Å². The summed E-state index contributed by atoms with van der Waals surface area (Å²) in [6.45, 7) is 12.0. The van der Waals surface area contributed by atoms with Gasteiger partial charge < -0.3 is 15.2 Å². The molecule has 34 heavy (non-hydrogen) atoms. The number of rotatable bonds is 9. The Labute approximate surface area is 212 Å². The molecule has 0 spiro atoms. The van der Waals surface area contributed by atoms with E-state index in [1.807, 2.05) is 62.6 Å². The molecule has 1 atom stereocenters. The molecule has 7 nitrogen and oxygen atoms in total. The van der Waals surface area contributed by atoms with Crippen molar-refractivity contribution in [3.05, 3.63) is 81.6 Å². The summed E-state index contributed by atoms with van der Waals surface area (Å²) in [7, 11) is 0. The van der Waals surface area contributed by atoms with Crippen molar-refractivity contribution in [3.8, 4) is 0 Å². The second kappa shape index (κ2) is 11.5. The molecule has 0 saturated heterocycles. The molecule has 9 heteroatoms. The second-order valence-electron chi connectivity index (χ2n) is 7.93. The Morgan fingerprint density at radius 3 is 2.59 bits per heavy atom. The van der Waals surface area contributed by atoms with Crippen molar-refractivity contribution < 1.29 is 9.59 Å². The number of aryl methyl sites for hydroxylation is 1. The summed E-state index contributed by atoms with van der Waals surface area (Å²) in [5, 5.41) is 15.1. The molecule has 0 aliphatic carbocycles. The largest absolute Gasteiger partial charge is 0.342 e. The van der Waals surface area contributed by atoms with E-state index in [-0.39, 0.29) is 23.6 Å². The Bertz CT molecular complexity index is 1220. The van der Waals surface area contributed by atoms with Gasteiger partial charge in [0.05, 0.1) is 11.8 Å². The van der Waals surface area contributed by atoms with Crippen LogP contribution in [-0.2, 0) is 11.3 Å². The molecule has 3 rings (SSSR count). The minimum absolute atomic E-state index is 0.134. The summed E-state index contributed by atoms with van der Waals surface area (Å²) >= 11 is 4.80. The zero-order valence-corrected chi connectivity index (χ0v) is 22.1. The van der Waals surface area contributed by atoms with Gasteiger partial charge in [-0.2, -0.15) is 0 Å². The lowest BCUT2D eigenvalue weighted by atomic mass is 10.1. The SMILES string of the molecule is C=CCn1c(SCC(=O)Nc2ccc(Br)c(C)c2C)nnc1[C@@H](C)NC(=O)c1ccccc1C. The number of aromatic nitrogens is 3. The number of hydrogen-bond acceptors (Lipinski definition) is 5. The van der Waals surface area contributed by atoms with Crippen LogP contribution in [0.5, 0.6) is 0 Å². The molecular formula is C25H28BrN5O2S. The first-order valence-electron chi connectivity index (χ1n) is 10.8. The third-order valence-corrected chi connectivity index (χ3v) is 7.34. The number of thioether (sulfide) groups is 1. The number of carbonyl (C=O) groups excluding carboxylic acids is 2. The van der Waals surface area contributed by atoms with Gasteiger partial charge in [0.1, 0.15) is 0 Å². The van der Waals surface area contributed by atoms with Crippen molar-refractivity contribution in [3.63, 3.8) is 0 Å². The number of amides is 2. The molecule has 2 amide bonds. The molecule has 178 valence electrons. The number of anilines is 1. The zero-order chi connectivity index (χ0) is 24.8. The molecule has 0 unspecified atom stereocenters. The predicted octanol–water partition coefficient (Wildman–Crippen LogP) is 5.37. The summed E-state index contributed by atoms with van der Waals surface area (Å²) in [6, 6.07) is 10.9. The van der Waals surface area contributed by atoms with E-state index < -0.39 is 0 Å². The summed E-state index contributed by atoms with van der Waals surface area (Å²) < 4.78 is 2.87. The molecule has 2 N–H and O–H groups in total. The highest BCUT2D eigenvalue weighted by Crippen LogP contribution is 2.27. The van der Waals surface area contributed by atoms with Gasteiger partial charge >= 0.3 is 0 Å². The van der Waals surface area contributed by atoms with Gasteiger partial charge in [-0.05, 0) is 62.6 Å². The van der Waals surface area contributed by atoms with Crippen molar-refractivity contribution in [1.82, 2.24) is 20.1 Å². The molecule has 0 saturated carbocycles. The molecule has 1 heterocycles. The first-order chi connectivity index (χ1) is 16.2. The second-order valence-corrected chi connectivity index (χ2v) is 9.73. The Kier molecular flexibility index (Phi) is 8.68. The Hall–Kier alpha value is -2.91. The van der Waals surface area contributed by atoms with Gasteiger partial charge in [0, 0.05) is 22.3 Å². The molecular weight excluding hydrogens is 514 g/mol. The maximum atomic E-state index is 12.7. The average Bonchev–Trinajstić information content (AvgIpc) is 3.21. The van der Waals surface area contributed by atoms with Gasteiger partial charge in [-0.15, -0.1) is 16.8 Å². The van der Waals surface area contributed by atoms with Crippen LogP contribution in [0.1, 0.15) is 45.8 Å². The average molecular weight is 543 g/mol. The first-order valence-corrected chi connectivity index (χ1v) is 12.6. The summed E-state index contributed by atoms with van der Waals surface area (Å²) in [6.07, 6.45) is 1.74. The molecule has 0 aliphatic rings. The summed E-state index contributed by atoms with van der Waals surface area (Å²) in [5.74, 6) is 0.468. The van der Waals surface area contributed by atoms with Crippen molar-refractivity contribution in [2.24, 2.45) is 0 Å². The number of nitrogens with one attached hydrogen (secondary N) is 2. The van der Waals surface area contributed by atoms with Crippen molar-refractivity contribution in [1.29, 1.82) is 0 Å². The maximum Gasteiger partial charge on any atom is 0.252 e. The van der Waals surface area contributed by atoms with Crippen LogP contribution >= 0.6 is 27.7 Å². The Balaban J connectivity index is 1.69. The van der Waals surface area contributed by atoms with Crippen LogP contribution in [0.3, 0.4) is 0 Å². The van der Waals surface area contributed by atoms with Crippen LogP contribution in [0.2, 0.25) is 0 Å². The van der Waals surface area contributed by atoms with Crippen molar-refractivity contribution in [2.45, 2.75) is 45.4 Å². The van der Waals surface area contributed by atoms with Crippen LogP contribution < -0.4 is 10.6 Å². The number of halogens is 1. The van der Waals surface area contributed by atoms with Gasteiger partial charge in [0.15, 0.2) is 11.0 Å². The third-order valence-electron chi connectivity index (χ3n) is 5.51. The van der Waals surface area contributed by atoms with Crippen LogP contribution in [0.4, 0.5) is 5.69 Å². The minimum atomic E-state index is -0.379. The number of carbonyl (C=O) groups is 2.